The van der Waals surface area contributed by atoms with Gasteiger partial charge < -0.3 is 11.1 Å². The van der Waals surface area contributed by atoms with Gasteiger partial charge in [-0.25, -0.2) is 0 Å². The van der Waals surface area contributed by atoms with Crippen molar-refractivity contribution in [1.82, 2.24) is 5.32 Å². The highest BCUT2D eigenvalue weighted by Crippen LogP contribution is 1.87. The maximum Gasteiger partial charge on any atom is 0.224 e. The molecular formula is C8H14N2O2. The van der Waals surface area contributed by atoms with Gasteiger partial charge in [0.15, 0.2) is 0 Å². The summed E-state index contributed by atoms with van der Waals surface area (Å²) in [4.78, 5) is 21.1. The van der Waals surface area contributed by atoms with E-state index in [9.17, 15) is 9.59 Å². The van der Waals surface area contributed by atoms with Gasteiger partial charge in [0.1, 0.15) is 0 Å². The molecule has 0 bridgehead atoms. The average Bonchev–Trinajstić information content (AvgIpc) is 2.01. The fraction of sp³-hybridized carbons (Fsp3) is 0.500. The third-order valence-corrected chi connectivity index (χ3v) is 1.20. The summed E-state index contributed by atoms with van der Waals surface area (Å²) in [5, 5.41) is 2.51. The quantitative estimate of drug-likeness (QED) is 0.622. The SMILES string of the molecule is CCC=CNC(=O)CCC(N)=O. The van der Waals surface area contributed by atoms with Gasteiger partial charge >= 0.3 is 0 Å². The van der Waals surface area contributed by atoms with E-state index in [2.05, 4.69) is 5.32 Å². The predicted octanol–water partition coefficient (Wildman–Crippen LogP) is 0.292. The third-order valence-electron chi connectivity index (χ3n) is 1.20. The monoisotopic (exact) mass is 170 g/mol. The summed E-state index contributed by atoms with van der Waals surface area (Å²) in [6, 6.07) is 0. The predicted molar refractivity (Wildman–Crippen MR) is 46.0 cm³/mol. The number of hydrogen-bond acceptors (Lipinski definition) is 2. The maximum atomic E-state index is 10.9. The van der Waals surface area contributed by atoms with Crippen LogP contribution in [0.25, 0.3) is 0 Å². The first-order chi connectivity index (χ1) is 5.66. The molecule has 0 aliphatic heterocycles. The lowest BCUT2D eigenvalue weighted by molar-refractivity contribution is -0.124. The number of carbonyl (C=O) groups excluding carboxylic acids is 2. The number of nitrogens with two attached hydrogens (primary N) is 1. The number of carbonyl (C=O) groups is 2. The highest BCUT2D eigenvalue weighted by atomic mass is 16.2. The van der Waals surface area contributed by atoms with Crippen molar-refractivity contribution in [2.24, 2.45) is 5.73 Å². The maximum absolute atomic E-state index is 10.9. The Balaban J connectivity index is 3.46. The smallest absolute Gasteiger partial charge is 0.224 e. The summed E-state index contributed by atoms with van der Waals surface area (Å²) >= 11 is 0. The highest BCUT2D eigenvalue weighted by Gasteiger charge is 2.00. The molecule has 3 N–H and O–H groups in total. The largest absolute Gasteiger partial charge is 0.370 e. The van der Waals surface area contributed by atoms with Crippen LogP contribution in [0.3, 0.4) is 0 Å². The zero-order valence-electron chi connectivity index (χ0n) is 7.17. The van der Waals surface area contributed by atoms with E-state index in [1.54, 1.807) is 6.20 Å². The molecule has 0 saturated carbocycles. The molecule has 0 rings (SSSR count). The van der Waals surface area contributed by atoms with Gasteiger partial charge in [0.05, 0.1) is 0 Å². The zero-order valence-corrected chi connectivity index (χ0v) is 7.17. The number of rotatable bonds is 5. The molecule has 0 heterocycles. The lowest BCUT2D eigenvalue weighted by atomic mass is 10.3. The third kappa shape index (κ3) is 6.80. The molecule has 0 aromatic heterocycles. The van der Waals surface area contributed by atoms with E-state index in [-0.39, 0.29) is 18.7 Å². The topological polar surface area (TPSA) is 72.2 Å². The molecule has 0 aromatic carbocycles. The van der Waals surface area contributed by atoms with E-state index in [4.69, 9.17) is 5.73 Å². The van der Waals surface area contributed by atoms with Gasteiger partial charge in [-0.2, -0.15) is 0 Å². The molecule has 4 heteroatoms. The van der Waals surface area contributed by atoms with Gasteiger partial charge in [0, 0.05) is 12.8 Å². The Bertz CT molecular complexity index is 187. The van der Waals surface area contributed by atoms with Crippen molar-refractivity contribution in [2.45, 2.75) is 26.2 Å². The summed E-state index contributed by atoms with van der Waals surface area (Å²) in [7, 11) is 0. The minimum absolute atomic E-state index is 0.103. The first kappa shape index (κ1) is 10.7. The van der Waals surface area contributed by atoms with Crippen LogP contribution in [0.5, 0.6) is 0 Å². The average molecular weight is 170 g/mol. The van der Waals surface area contributed by atoms with Crippen LogP contribution in [-0.2, 0) is 9.59 Å². The Hall–Kier alpha value is -1.32. The van der Waals surface area contributed by atoms with E-state index in [1.807, 2.05) is 13.0 Å². The minimum atomic E-state index is -0.454. The van der Waals surface area contributed by atoms with Gasteiger partial charge in [-0.05, 0) is 12.6 Å². The molecule has 0 atom stereocenters. The lowest BCUT2D eigenvalue weighted by Crippen LogP contribution is -2.20. The molecule has 0 aromatic rings. The van der Waals surface area contributed by atoms with Crippen molar-refractivity contribution in [3.8, 4) is 0 Å². The van der Waals surface area contributed by atoms with Gasteiger partial charge in [-0.15, -0.1) is 0 Å². The second-order valence-electron chi connectivity index (χ2n) is 2.34. The van der Waals surface area contributed by atoms with Gasteiger partial charge in [-0.1, -0.05) is 13.0 Å². The molecule has 0 unspecified atom stereocenters. The van der Waals surface area contributed by atoms with Crippen LogP contribution in [0.4, 0.5) is 0 Å². The van der Waals surface area contributed by atoms with Crippen LogP contribution in [-0.4, -0.2) is 11.8 Å². The van der Waals surface area contributed by atoms with Crippen LogP contribution in [0, 0.1) is 0 Å². The molecule has 0 fully saturated rings. The molecule has 0 radical (unpaired) electrons. The van der Waals surface area contributed by atoms with Crippen molar-refractivity contribution < 1.29 is 9.59 Å². The fourth-order valence-corrected chi connectivity index (χ4v) is 0.579. The zero-order chi connectivity index (χ0) is 9.40. The first-order valence-corrected chi connectivity index (χ1v) is 3.89. The summed E-state index contributed by atoms with van der Waals surface area (Å²) < 4.78 is 0. The van der Waals surface area contributed by atoms with Crippen LogP contribution in [0.1, 0.15) is 26.2 Å². The van der Waals surface area contributed by atoms with Crippen molar-refractivity contribution in [3.05, 3.63) is 12.3 Å². The lowest BCUT2D eigenvalue weighted by Gasteiger charge is -1.96. The molecule has 2 amide bonds. The van der Waals surface area contributed by atoms with E-state index < -0.39 is 5.91 Å². The van der Waals surface area contributed by atoms with E-state index in [0.29, 0.717) is 0 Å². The molecule has 0 spiro atoms. The summed E-state index contributed by atoms with van der Waals surface area (Å²) in [5.41, 5.74) is 4.86. The molecule has 0 aliphatic carbocycles. The number of nitrogens with one attached hydrogen (secondary N) is 1. The molecular weight excluding hydrogens is 156 g/mol. The van der Waals surface area contributed by atoms with Gasteiger partial charge in [0.2, 0.25) is 11.8 Å². The molecule has 0 saturated heterocycles. The standard InChI is InChI=1S/C8H14N2O2/c1-2-3-6-10-8(12)5-4-7(9)11/h3,6H,2,4-5H2,1H3,(H2,9,11)(H,10,12). The fourth-order valence-electron chi connectivity index (χ4n) is 0.579. The number of amides is 2. The summed E-state index contributed by atoms with van der Waals surface area (Å²) in [5.74, 6) is -0.636. The number of primary amides is 1. The second kappa shape index (κ2) is 6.39. The first-order valence-electron chi connectivity index (χ1n) is 3.89. The highest BCUT2D eigenvalue weighted by molar-refractivity contribution is 5.83. The van der Waals surface area contributed by atoms with Crippen LogP contribution < -0.4 is 11.1 Å². The number of allylic oxidation sites excluding steroid dienone is 1. The molecule has 68 valence electrons. The molecule has 12 heavy (non-hydrogen) atoms. The van der Waals surface area contributed by atoms with Crippen molar-refractivity contribution in [1.29, 1.82) is 0 Å². The van der Waals surface area contributed by atoms with Gasteiger partial charge in [0.25, 0.3) is 0 Å². The van der Waals surface area contributed by atoms with Crippen molar-refractivity contribution >= 4 is 11.8 Å². The summed E-state index contributed by atoms with van der Waals surface area (Å²) in [6.07, 6.45) is 4.52. The second-order valence-corrected chi connectivity index (χ2v) is 2.34. The summed E-state index contributed by atoms with van der Waals surface area (Å²) in [6.45, 7) is 1.96. The normalized spacial score (nSPS) is 10.1. The van der Waals surface area contributed by atoms with Gasteiger partial charge in [-0.3, -0.25) is 9.59 Å². The van der Waals surface area contributed by atoms with Crippen LogP contribution >= 0.6 is 0 Å². The van der Waals surface area contributed by atoms with Crippen molar-refractivity contribution in [2.75, 3.05) is 0 Å². The van der Waals surface area contributed by atoms with E-state index in [0.717, 1.165) is 6.42 Å². The molecule has 0 aliphatic rings. The Kier molecular flexibility index (Phi) is 5.69. The van der Waals surface area contributed by atoms with E-state index in [1.165, 1.54) is 0 Å². The van der Waals surface area contributed by atoms with E-state index >= 15 is 0 Å². The Morgan fingerprint density at radius 2 is 2.08 bits per heavy atom. The van der Waals surface area contributed by atoms with Crippen LogP contribution in [0.15, 0.2) is 12.3 Å². The number of hydrogen-bond donors (Lipinski definition) is 2. The minimum Gasteiger partial charge on any atom is -0.370 e. The Morgan fingerprint density at radius 1 is 1.42 bits per heavy atom. The Labute approximate surface area is 71.8 Å². The Morgan fingerprint density at radius 3 is 2.58 bits per heavy atom. The van der Waals surface area contributed by atoms with Crippen molar-refractivity contribution in [3.63, 3.8) is 0 Å². The van der Waals surface area contributed by atoms with Crippen LogP contribution in [0.2, 0.25) is 0 Å². The molecule has 4 nitrogen and oxygen atoms in total.